The SMILES string of the molecule is CCCC1CCN(C(=O)CCN2CCCC2)CC1. The highest BCUT2D eigenvalue weighted by Gasteiger charge is 2.22. The summed E-state index contributed by atoms with van der Waals surface area (Å²) in [4.78, 5) is 16.7. The van der Waals surface area contributed by atoms with Crippen LogP contribution >= 0.6 is 0 Å². The molecule has 0 N–H and O–H groups in total. The topological polar surface area (TPSA) is 23.6 Å². The van der Waals surface area contributed by atoms with Gasteiger partial charge in [0, 0.05) is 26.1 Å². The van der Waals surface area contributed by atoms with Crippen molar-refractivity contribution >= 4 is 5.91 Å². The first-order chi connectivity index (χ1) is 8.79. The Labute approximate surface area is 112 Å². The molecule has 1 amide bonds. The molecular weight excluding hydrogens is 224 g/mol. The summed E-state index contributed by atoms with van der Waals surface area (Å²) in [6.07, 6.45) is 8.45. The van der Waals surface area contributed by atoms with Crippen LogP contribution in [-0.2, 0) is 4.79 Å². The Hall–Kier alpha value is -0.570. The second-order valence-electron chi connectivity index (χ2n) is 5.91. The van der Waals surface area contributed by atoms with Crippen LogP contribution in [0.3, 0.4) is 0 Å². The van der Waals surface area contributed by atoms with Crippen LogP contribution in [0.5, 0.6) is 0 Å². The maximum atomic E-state index is 12.1. The molecule has 2 saturated heterocycles. The molecule has 0 aliphatic carbocycles. The molecule has 2 heterocycles. The molecule has 3 heteroatoms. The van der Waals surface area contributed by atoms with Gasteiger partial charge in [0.2, 0.25) is 5.91 Å². The third-order valence-corrected chi connectivity index (χ3v) is 4.50. The van der Waals surface area contributed by atoms with Crippen LogP contribution in [0.1, 0.15) is 51.9 Å². The zero-order chi connectivity index (χ0) is 12.8. The Morgan fingerprint density at radius 2 is 1.78 bits per heavy atom. The highest BCUT2D eigenvalue weighted by Crippen LogP contribution is 2.22. The molecular formula is C15H28N2O. The molecule has 0 radical (unpaired) electrons. The quantitative estimate of drug-likeness (QED) is 0.750. The Morgan fingerprint density at radius 1 is 1.11 bits per heavy atom. The first-order valence-corrected chi connectivity index (χ1v) is 7.79. The van der Waals surface area contributed by atoms with E-state index in [1.165, 1.54) is 51.6 Å². The Morgan fingerprint density at radius 3 is 2.39 bits per heavy atom. The zero-order valence-electron chi connectivity index (χ0n) is 11.9. The number of carbonyl (C=O) groups excluding carboxylic acids is 1. The lowest BCUT2D eigenvalue weighted by Gasteiger charge is -2.32. The van der Waals surface area contributed by atoms with Gasteiger partial charge in [-0.15, -0.1) is 0 Å². The number of rotatable bonds is 5. The number of nitrogens with zero attached hydrogens (tertiary/aromatic N) is 2. The molecule has 2 aliphatic heterocycles. The van der Waals surface area contributed by atoms with Crippen molar-refractivity contribution in [2.24, 2.45) is 5.92 Å². The van der Waals surface area contributed by atoms with Gasteiger partial charge < -0.3 is 9.80 Å². The minimum atomic E-state index is 0.386. The summed E-state index contributed by atoms with van der Waals surface area (Å²) in [5, 5.41) is 0. The second kappa shape index (κ2) is 7.13. The molecule has 0 spiro atoms. The van der Waals surface area contributed by atoms with Crippen LogP contribution in [0.2, 0.25) is 0 Å². The largest absolute Gasteiger partial charge is 0.343 e. The fourth-order valence-corrected chi connectivity index (χ4v) is 3.30. The summed E-state index contributed by atoms with van der Waals surface area (Å²) in [5.74, 6) is 1.26. The monoisotopic (exact) mass is 252 g/mol. The van der Waals surface area contributed by atoms with Gasteiger partial charge in [-0.2, -0.15) is 0 Å². The lowest BCUT2D eigenvalue weighted by molar-refractivity contribution is -0.132. The fourth-order valence-electron chi connectivity index (χ4n) is 3.30. The van der Waals surface area contributed by atoms with Gasteiger partial charge in [-0.25, -0.2) is 0 Å². The molecule has 3 nitrogen and oxygen atoms in total. The lowest BCUT2D eigenvalue weighted by Crippen LogP contribution is -2.39. The normalized spacial score (nSPS) is 22.6. The van der Waals surface area contributed by atoms with E-state index in [4.69, 9.17) is 0 Å². The number of piperidine rings is 1. The van der Waals surface area contributed by atoms with E-state index in [-0.39, 0.29) is 0 Å². The predicted molar refractivity (Wildman–Crippen MR) is 74.5 cm³/mol. The Balaban J connectivity index is 1.64. The lowest BCUT2D eigenvalue weighted by atomic mass is 9.92. The molecule has 0 aromatic carbocycles. The van der Waals surface area contributed by atoms with Crippen LogP contribution in [0.25, 0.3) is 0 Å². The van der Waals surface area contributed by atoms with Gasteiger partial charge in [-0.3, -0.25) is 4.79 Å². The highest BCUT2D eigenvalue weighted by molar-refractivity contribution is 5.76. The van der Waals surface area contributed by atoms with E-state index in [0.717, 1.165) is 32.0 Å². The smallest absolute Gasteiger partial charge is 0.223 e. The van der Waals surface area contributed by atoms with Crippen LogP contribution in [0.4, 0.5) is 0 Å². The third-order valence-electron chi connectivity index (χ3n) is 4.50. The van der Waals surface area contributed by atoms with E-state index in [9.17, 15) is 4.79 Å². The van der Waals surface area contributed by atoms with Crippen molar-refractivity contribution in [3.63, 3.8) is 0 Å². The average molecular weight is 252 g/mol. The summed E-state index contributed by atoms with van der Waals surface area (Å²) in [5.41, 5.74) is 0. The van der Waals surface area contributed by atoms with Gasteiger partial charge in [0.05, 0.1) is 0 Å². The number of hydrogen-bond acceptors (Lipinski definition) is 2. The molecule has 2 fully saturated rings. The van der Waals surface area contributed by atoms with Gasteiger partial charge in [0.1, 0.15) is 0 Å². The summed E-state index contributed by atoms with van der Waals surface area (Å²) in [6.45, 7) is 7.64. The predicted octanol–water partition coefficient (Wildman–Crippen LogP) is 2.51. The minimum Gasteiger partial charge on any atom is -0.343 e. The molecule has 18 heavy (non-hydrogen) atoms. The van der Waals surface area contributed by atoms with Crippen molar-refractivity contribution in [3.05, 3.63) is 0 Å². The first kappa shape index (κ1) is 13.9. The molecule has 0 unspecified atom stereocenters. The molecule has 104 valence electrons. The van der Waals surface area contributed by atoms with Gasteiger partial charge in [-0.05, 0) is 44.7 Å². The van der Waals surface area contributed by atoms with Crippen LogP contribution < -0.4 is 0 Å². The molecule has 0 aromatic rings. The second-order valence-corrected chi connectivity index (χ2v) is 5.91. The average Bonchev–Trinajstić information content (AvgIpc) is 2.90. The van der Waals surface area contributed by atoms with Gasteiger partial charge in [0.25, 0.3) is 0 Å². The number of hydrogen-bond donors (Lipinski definition) is 0. The maximum Gasteiger partial charge on any atom is 0.223 e. The van der Waals surface area contributed by atoms with Crippen molar-refractivity contribution < 1.29 is 4.79 Å². The molecule has 2 aliphatic rings. The van der Waals surface area contributed by atoms with E-state index in [1.807, 2.05) is 0 Å². The summed E-state index contributed by atoms with van der Waals surface area (Å²) < 4.78 is 0. The number of likely N-dealkylation sites (tertiary alicyclic amines) is 2. The maximum absolute atomic E-state index is 12.1. The van der Waals surface area contributed by atoms with E-state index in [1.54, 1.807) is 0 Å². The van der Waals surface area contributed by atoms with E-state index >= 15 is 0 Å². The fraction of sp³-hybridized carbons (Fsp3) is 0.933. The van der Waals surface area contributed by atoms with Crippen molar-refractivity contribution in [1.29, 1.82) is 0 Å². The van der Waals surface area contributed by atoms with E-state index in [2.05, 4.69) is 16.7 Å². The summed E-state index contributed by atoms with van der Waals surface area (Å²) >= 11 is 0. The van der Waals surface area contributed by atoms with Crippen molar-refractivity contribution in [1.82, 2.24) is 9.80 Å². The minimum absolute atomic E-state index is 0.386. The van der Waals surface area contributed by atoms with E-state index in [0.29, 0.717) is 5.91 Å². The number of carbonyl (C=O) groups is 1. The van der Waals surface area contributed by atoms with Crippen LogP contribution in [0, 0.1) is 5.92 Å². The highest BCUT2D eigenvalue weighted by atomic mass is 16.2. The third kappa shape index (κ3) is 3.98. The molecule has 0 saturated carbocycles. The van der Waals surface area contributed by atoms with Crippen molar-refractivity contribution in [2.75, 3.05) is 32.7 Å². The number of amides is 1. The van der Waals surface area contributed by atoms with Gasteiger partial charge in [-0.1, -0.05) is 19.8 Å². The Kier molecular flexibility index (Phi) is 5.48. The van der Waals surface area contributed by atoms with Crippen molar-refractivity contribution in [3.8, 4) is 0 Å². The van der Waals surface area contributed by atoms with E-state index < -0.39 is 0 Å². The molecule has 0 bridgehead atoms. The standard InChI is InChI=1S/C15H28N2O/c1-2-5-14-6-12-17(13-7-14)15(18)8-11-16-9-3-4-10-16/h14H,2-13H2,1H3. The molecule has 0 atom stereocenters. The summed E-state index contributed by atoms with van der Waals surface area (Å²) in [7, 11) is 0. The molecule has 0 aromatic heterocycles. The first-order valence-electron chi connectivity index (χ1n) is 7.79. The molecule has 2 rings (SSSR count). The zero-order valence-corrected chi connectivity index (χ0v) is 11.9. The Bertz CT molecular complexity index is 253. The summed E-state index contributed by atoms with van der Waals surface area (Å²) in [6, 6.07) is 0. The van der Waals surface area contributed by atoms with Gasteiger partial charge >= 0.3 is 0 Å². The van der Waals surface area contributed by atoms with Crippen LogP contribution in [-0.4, -0.2) is 48.4 Å². The van der Waals surface area contributed by atoms with Crippen molar-refractivity contribution in [2.45, 2.75) is 51.9 Å². The van der Waals surface area contributed by atoms with Gasteiger partial charge in [0.15, 0.2) is 0 Å². The van der Waals surface area contributed by atoms with Crippen LogP contribution in [0.15, 0.2) is 0 Å².